The molecule has 0 bridgehead atoms. The van der Waals surface area contributed by atoms with Gasteiger partial charge in [0.05, 0.1) is 6.61 Å². The molecule has 1 aliphatic rings. The van der Waals surface area contributed by atoms with Crippen LogP contribution in [0.1, 0.15) is 12.8 Å². The largest absolute Gasteiger partial charge is 0.395 e. The molecule has 0 aromatic carbocycles. The van der Waals surface area contributed by atoms with Crippen molar-refractivity contribution in [1.29, 1.82) is 0 Å². The Hall–Kier alpha value is 0.230. The number of piperazine rings is 1. The Morgan fingerprint density at radius 1 is 1.43 bits per heavy atom. The highest BCUT2D eigenvalue weighted by molar-refractivity contribution is 7.98. The van der Waals surface area contributed by atoms with Gasteiger partial charge in [0.2, 0.25) is 0 Å². The summed E-state index contributed by atoms with van der Waals surface area (Å²) in [7, 11) is 0. The summed E-state index contributed by atoms with van der Waals surface area (Å²) >= 11 is 1.89. The van der Waals surface area contributed by atoms with Crippen LogP contribution in [0.4, 0.5) is 0 Å². The second kappa shape index (κ2) is 7.51. The van der Waals surface area contributed by atoms with E-state index in [-0.39, 0.29) is 0 Å². The summed E-state index contributed by atoms with van der Waals surface area (Å²) in [4.78, 5) is 2.41. The second-order valence-electron chi connectivity index (χ2n) is 3.76. The summed E-state index contributed by atoms with van der Waals surface area (Å²) in [5.74, 6) is 1.21. The van der Waals surface area contributed by atoms with Crippen molar-refractivity contribution < 1.29 is 5.11 Å². The topological polar surface area (TPSA) is 35.5 Å². The molecule has 84 valence electrons. The summed E-state index contributed by atoms with van der Waals surface area (Å²) < 4.78 is 0. The monoisotopic (exact) mass is 218 g/mol. The van der Waals surface area contributed by atoms with Gasteiger partial charge in [0, 0.05) is 32.2 Å². The molecule has 4 heteroatoms. The molecule has 3 nitrogen and oxygen atoms in total. The minimum Gasteiger partial charge on any atom is -0.395 e. The minimum absolute atomic E-state index is 0.314. The van der Waals surface area contributed by atoms with Crippen LogP contribution in [0.25, 0.3) is 0 Å². The fraction of sp³-hybridized carbons (Fsp3) is 1.00. The third-order valence-electron chi connectivity index (χ3n) is 2.76. The van der Waals surface area contributed by atoms with Gasteiger partial charge >= 0.3 is 0 Å². The third-order valence-corrected chi connectivity index (χ3v) is 3.46. The quantitative estimate of drug-likeness (QED) is 0.633. The highest BCUT2D eigenvalue weighted by Crippen LogP contribution is 2.09. The van der Waals surface area contributed by atoms with Crippen molar-refractivity contribution in [3.63, 3.8) is 0 Å². The fourth-order valence-corrected chi connectivity index (χ4v) is 2.36. The van der Waals surface area contributed by atoms with Gasteiger partial charge in [-0.05, 0) is 24.9 Å². The van der Waals surface area contributed by atoms with E-state index in [0.29, 0.717) is 12.6 Å². The summed E-state index contributed by atoms with van der Waals surface area (Å²) in [5.41, 5.74) is 0. The van der Waals surface area contributed by atoms with E-state index in [0.717, 1.165) is 32.6 Å². The lowest BCUT2D eigenvalue weighted by molar-refractivity contribution is 0.104. The maximum atomic E-state index is 9.31. The molecule has 1 aliphatic heterocycles. The smallest absolute Gasteiger partial charge is 0.0586 e. The average molecular weight is 218 g/mol. The Bertz CT molecular complexity index is 140. The first-order valence-corrected chi connectivity index (χ1v) is 6.82. The number of nitrogens with zero attached hydrogens (tertiary/aromatic N) is 1. The molecule has 1 rings (SSSR count). The Labute approximate surface area is 91.2 Å². The SMILES string of the molecule is CSCCCC(CO)N1CCNCC1. The van der Waals surface area contributed by atoms with Crippen molar-refractivity contribution in [2.75, 3.05) is 44.8 Å². The third kappa shape index (κ3) is 4.17. The van der Waals surface area contributed by atoms with Crippen molar-refractivity contribution in [3.8, 4) is 0 Å². The van der Waals surface area contributed by atoms with Gasteiger partial charge in [-0.2, -0.15) is 11.8 Å². The highest BCUT2D eigenvalue weighted by atomic mass is 32.2. The molecule has 1 fully saturated rings. The number of aliphatic hydroxyl groups is 1. The maximum Gasteiger partial charge on any atom is 0.0586 e. The Balaban J connectivity index is 2.21. The van der Waals surface area contributed by atoms with E-state index in [9.17, 15) is 5.11 Å². The van der Waals surface area contributed by atoms with Crippen molar-refractivity contribution in [1.82, 2.24) is 10.2 Å². The van der Waals surface area contributed by atoms with E-state index in [1.54, 1.807) is 0 Å². The minimum atomic E-state index is 0.314. The summed E-state index contributed by atoms with van der Waals surface area (Å²) in [5, 5.41) is 12.6. The highest BCUT2D eigenvalue weighted by Gasteiger charge is 2.18. The van der Waals surface area contributed by atoms with Crippen LogP contribution < -0.4 is 5.32 Å². The summed E-state index contributed by atoms with van der Waals surface area (Å²) in [6, 6.07) is 0.393. The van der Waals surface area contributed by atoms with Gasteiger partial charge in [-0.25, -0.2) is 0 Å². The molecule has 1 unspecified atom stereocenters. The van der Waals surface area contributed by atoms with Gasteiger partial charge in [0.15, 0.2) is 0 Å². The van der Waals surface area contributed by atoms with Crippen LogP contribution in [-0.2, 0) is 0 Å². The number of aliphatic hydroxyl groups excluding tert-OH is 1. The molecule has 2 N–H and O–H groups in total. The van der Waals surface area contributed by atoms with Gasteiger partial charge in [0.1, 0.15) is 0 Å². The van der Waals surface area contributed by atoms with Gasteiger partial charge in [0.25, 0.3) is 0 Å². The lowest BCUT2D eigenvalue weighted by atomic mass is 10.1. The van der Waals surface area contributed by atoms with Crippen LogP contribution in [0.5, 0.6) is 0 Å². The van der Waals surface area contributed by atoms with Crippen LogP contribution in [0.15, 0.2) is 0 Å². The Morgan fingerprint density at radius 2 is 2.14 bits per heavy atom. The fourth-order valence-electron chi connectivity index (χ4n) is 1.90. The molecule has 0 saturated carbocycles. The zero-order valence-corrected chi connectivity index (χ0v) is 9.85. The zero-order valence-electron chi connectivity index (χ0n) is 9.04. The molecule has 0 aromatic rings. The first-order valence-electron chi connectivity index (χ1n) is 5.43. The molecule has 1 atom stereocenters. The van der Waals surface area contributed by atoms with Gasteiger partial charge in [-0.15, -0.1) is 0 Å². The van der Waals surface area contributed by atoms with Crippen LogP contribution in [0.3, 0.4) is 0 Å². The van der Waals surface area contributed by atoms with Crippen molar-refractivity contribution in [2.24, 2.45) is 0 Å². The number of nitrogens with one attached hydrogen (secondary N) is 1. The van der Waals surface area contributed by atoms with Crippen molar-refractivity contribution in [2.45, 2.75) is 18.9 Å². The van der Waals surface area contributed by atoms with E-state index < -0.39 is 0 Å². The molecule has 0 aromatic heterocycles. The Morgan fingerprint density at radius 3 is 2.71 bits per heavy atom. The predicted octanol–water partition coefficient (Wildman–Crippen LogP) is 0.396. The molecular formula is C10H22N2OS. The van der Waals surface area contributed by atoms with Crippen LogP contribution >= 0.6 is 11.8 Å². The van der Waals surface area contributed by atoms with Crippen molar-refractivity contribution in [3.05, 3.63) is 0 Å². The predicted molar refractivity (Wildman–Crippen MR) is 62.9 cm³/mol. The number of hydrogen-bond acceptors (Lipinski definition) is 4. The van der Waals surface area contributed by atoms with E-state index in [1.165, 1.54) is 12.2 Å². The summed E-state index contributed by atoms with van der Waals surface area (Å²) in [6.07, 6.45) is 4.49. The van der Waals surface area contributed by atoms with E-state index in [4.69, 9.17) is 0 Å². The summed E-state index contributed by atoms with van der Waals surface area (Å²) in [6.45, 7) is 4.63. The van der Waals surface area contributed by atoms with Gasteiger partial charge in [-0.1, -0.05) is 0 Å². The molecule has 14 heavy (non-hydrogen) atoms. The normalized spacial score (nSPS) is 21.0. The maximum absolute atomic E-state index is 9.31. The number of thioether (sulfide) groups is 1. The number of hydrogen-bond donors (Lipinski definition) is 2. The van der Waals surface area contributed by atoms with Crippen LogP contribution in [0, 0.1) is 0 Å². The molecule has 0 amide bonds. The molecule has 0 radical (unpaired) electrons. The van der Waals surface area contributed by atoms with Crippen LogP contribution in [-0.4, -0.2) is 60.8 Å². The van der Waals surface area contributed by atoms with Gasteiger partial charge in [-0.3, -0.25) is 4.90 Å². The van der Waals surface area contributed by atoms with Crippen molar-refractivity contribution >= 4 is 11.8 Å². The standard InChI is InChI=1S/C10H22N2OS/c1-14-8-2-3-10(9-13)12-6-4-11-5-7-12/h10-11,13H,2-9H2,1H3. The second-order valence-corrected chi connectivity index (χ2v) is 4.74. The average Bonchev–Trinajstić information content (AvgIpc) is 2.26. The van der Waals surface area contributed by atoms with E-state index >= 15 is 0 Å². The molecular weight excluding hydrogens is 196 g/mol. The first kappa shape index (κ1) is 12.3. The molecule has 0 aliphatic carbocycles. The lowest BCUT2D eigenvalue weighted by Gasteiger charge is -2.33. The van der Waals surface area contributed by atoms with Crippen LogP contribution in [0.2, 0.25) is 0 Å². The lowest BCUT2D eigenvalue weighted by Crippen LogP contribution is -2.49. The Kier molecular flexibility index (Phi) is 6.60. The van der Waals surface area contributed by atoms with Gasteiger partial charge < -0.3 is 10.4 Å². The van der Waals surface area contributed by atoms with E-state index in [2.05, 4.69) is 16.5 Å². The molecule has 1 saturated heterocycles. The number of rotatable bonds is 6. The van der Waals surface area contributed by atoms with E-state index in [1.807, 2.05) is 11.8 Å². The first-order chi connectivity index (χ1) is 6.88. The molecule has 0 spiro atoms. The zero-order chi connectivity index (χ0) is 10.2. The molecule has 1 heterocycles.